The summed E-state index contributed by atoms with van der Waals surface area (Å²) >= 11 is 1.74. The molecule has 1 nitrogen and oxygen atoms in total. The average molecular weight is 284 g/mol. The molecule has 0 unspecified atom stereocenters. The van der Waals surface area contributed by atoms with Crippen LogP contribution in [0.5, 0.6) is 0 Å². The molecule has 20 heavy (non-hydrogen) atoms. The summed E-state index contributed by atoms with van der Waals surface area (Å²) in [6, 6.07) is 14.5. The van der Waals surface area contributed by atoms with Crippen molar-refractivity contribution in [2.45, 2.75) is 31.6 Å². The molecular weight excluding hydrogens is 264 g/mol. The minimum absolute atomic E-state index is 0.236. The number of benzene rings is 2. The van der Waals surface area contributed by atoms with Crippen LogP contribution in [-0.2, 0) is 6.42 Å². The Kier molecular flexibility index (Phi) is 5.02. The second-order valence-corrected chi connectivity index (χ2v) is 5.97. The van der Waals surface area contributed by atoms with E-state index < -0.39 is 0 Å². The molecule has 0 amide bonds. The van der Waals surface area contributed by atoms with Gasteiger partial charge in [0.1, 0.15) is 0 Å². The van der Waals surface area contributed by atoms with Gasteiger partial charge in [-0.1, -0.05) is 29.8 Å². The van der Waals surface area contributed by atoms with E-state index in [2.05, 4.69) is 30.5 Å². The molecule has 2 aromatic carbocycles. The first-order chi connectivity index (χ1) is 9.60. The summed E-state index contributed by atoms with van der Waals surface area (Å²) in [7, 11) is 0. The first-order valence-electron chi connectivity index (χ1n) is 6.83. The van der Waals surface area contributed by atoms with Gasteiger partial charge in [-0.2, -0.15) is 0 Å². The zero-order chi connectivity index (χ0) is 14.5. The van der Waals surface area contributed by atoms with Gasteiger partial charge in [0.25, 0.3) is 0 Å². The van der Waals surface area contributed by atoms with E-state index in [1.54, 1.807) is 11.8 Å². The van der Waals surface area contributed by atoms with Crippen molar-refractivity contribution in [3.05, 3.63) is 64.7 Å². The van der Waals surface area contributed by atoms with Crippen molar-refractivity contribution in [2.75, 3.05) is 6.26 Å². The van der Waals surface area contributed by atoms with Gasteiger partial charge in [0.05, 0.1) is 0 Å². The van der Waals surface area contributed by atoms with Crippen molar-refractivity contribution >= 4 is 17.5 Å². The highest BCUT2D eigenvalue weighted by Gasteiger charge is 2.09. The summed E-state index contributed by atoms with van der Waals surface area (Å²) in [5, 5.41) is 0. The fourth-order valence-electron chi connectivity index (χ4n) is 2.22. The molecular formula is C18H20OS. The molecule has 0 bridgehead atoms. The van der Waals surface area contributed by atoms with Crippen molar-refractivity contribution in [3.8, 4) is 0 Å². The highest BCUT2D eigenvalue weighted by atomic mass is 32.2. The maximum Gasteiger partial charge on any atom is 0.163 e. The van der Waals surface area contributed by atoms with Gasteiger partial charge in [-0.05, 0) is 55.9 Å². The SMILES string of the molecule is CSc1ccc(CCC(=O)c2cc(C)ccc2C)cc1. The third kappa shape index (κ3) is 3.73. The normalized spacial score (nSPS) is 10.6. The average Bonchev–Trinajstić information content (AvgIpc) is 2.47. The lowest BCUT2D eigenvalue weighted by Gasteiger charge is -2.07. The molecule has 2 aromatic rings. The Morgan fingerprint density at radius 1 is 1.05 bits per heavy atom. The summed E-state index contributed by atoms with van der Waals surface area (Å²) in [5.74, 6) is 0.236. The van der Waals surface area contributed by atoms with Crippen molar-refractivity contribution in [3.63, 3.8) is 0 Å². The van der Waals surface area contributed by atoms with Gasteiger partial charge in [0, 0.05) is 16.9 Å². The Morgan fingerprint density at radius 2 is 1.75 bits per heavy atom. The summed E-state index contributed by atoms with van der Waals surface area (Å²) in [4.78, 5) is 13.6. The van der Waals surface area contributed by atoms with E-state index in [-0.39, 0.29) is 5.78 Å². The van der Waals surface area contributed by atoms with Gasteiger partial charge in [-0.25, -0.2) is 0 Å². The first-order valence-corrected chi connectivity index (χ1v) is 8.06. The Hall–Kier alpha value is -1.54. The van der Waals surface area contributed by atoms with E-state index >= 15 is 0 Å². The summed E-state index contributed by atoms with van der Waals surface area (Å²) in [5.41, 5.74) is 4.30. The van der Waals surface area contributed by atoms with E-state index in [9.17, 15) is 4.79 Å². The molecule has 104 valence electrons. The van der Waals surface area contributed by atoms with Gasteiger partial charge in [-0.15, -0.1) is 11.8 Å². The molecule has 0 fully saturated rings. The quantitative estimate of drug-likeness (QED) is 0.577. The first kappa shape index (κ1) is 14.9. The molecule has 2 rings (SSSR count). The summed E-state index contributed by atoms with van der Waals surface area (Å²) < 4.78 is 0. The van der Waals surface area contributed by atoms with Crippen LogP contribution in [0.3, 0.4) is 0 Å². The molecule has 0 aliphatic heterocycles. The largest absolute Gasteiger partial charge is 0.294 e. The number of hydrogen-bond donors (Lipinski definition) is 0. The Bertz CT molecular complexity index is 599. The number of ketones is 1. The monoisotopic (exact) mass is 284 g/mol. The number of hydrogen-bond acceptors (Lipinski definition) is 2. The lowest BCUT2D eigenvalue weighted by molar-refractivity contribution is 0.0982. The van der Waals surface area contributed by atoms with E-state index in [0.29, 0.717) is 6.42 Å². The van der Waals surface area contributed by atoms with E-state index in [4.69, 9.17) is 0 Å². The fraction of sp³-hybridized carbons (Fsp3) is 0.278. The molecule has 0 radical (unpaired) electrons. The molecule has 0 atom stereocenters. The van der Waals surface area contributed by atoms with Gasteiger partial charge >= 0.3 is 0 Å². The lowest BCUT2D eigenvalue weighted by atomic mass is 9.98. The van der Waals surface area contributed by atoms with Crippen molar-refractivity contribution < 1.29 is 4.79 Å². The molecule has 0 aromatic heterocycles. The van der Waals surface area contributed by atoms with Crippen molar-refractivity contribution in [2.24, 2.45) is 0 Å². The predicted octanol–water partition coefficient (Wildman–Crippen LogP) is 4.84. The molecule has 0 aliphatic carbocycles. The number of rotatable bonds is 5. The Balaban J connectivity index is 2.02. The van der Waals surface area contributed by atoms with Gasteiger partial charge in [0.2, 0.25) is 0 Å². The number of thioether (sulfide) groups is 1. The minimum atomic E-state index is 0.236. The number of Topliss-reactive ketones (excluding diaryl/α,β-unsaturated/α-hetero) is 1. The van der Waals surface area contributed by atoms with E-state index in [1.807, 2.05) is 32.0 Å². The van der Waals surface area contributed by atoms with Gasteiger partial charge < -0.3 is 0 Å². The topological polar surface area (TPSA) is 17.1 Å². The van der Waals surface area contributed by atoms with Crippen LogP contribution in [0.2, 0.25) is 0 Å². The zero-order valence-corrected chi connectivity index (χ0v) is 13.1. The smallest absolute Gasteiger partial charge is 0.163 e. The standard InChI is InChI=1S/C18H20OS/c1-13-4-5-14(2)17(12-13)18(19)11-8-15-6-9-16(20-3)10-7-15/h4-7,9-10,12H,8,11H2,1-3H3. The van der Waals surface area contributed by atoms with Crippen LogP contribution in [0.1, 0.15) is 33.5 Å². The number of aryl methyl sites for hydroxylation is 3. The Morgan fingerprint density at radius 3 is 2.40 bits per heavy atom. The van der Waals surface area contributed by atoms with E-state index in [0.717, 1.165) is 23.1 Å². The fourth-order valence-corrected chi connectivity index (χ4v) is 2.63. The maximum atomic E-state index is 12.3. The molecule has 2 heteroatoms. The molecule has 0 heterocycles. The van der Waals surface area contributed by atoms with Crippen LogP contribution in [-0.4, -0.2) is 12.0 Å². The maximum absolute atomic E-state index is 12.3. The number of carbonyl (C=O) groups is 1. The van der Waals surface area contributed by atoms with Crippen molar-refractivity contribution in [1.29, 1.82) is 0 Å². The highest BCUT2D eigenvalue weighted by molar-refractivity contribution is 7.98. The summed E-state index contributed by atoms with van der Waals surface area (Å²) in [6.45, 7) is 4.03. The summed E-state index contributed by atoms with van der Waals surface area (Å²) in [6.07, 6.45) is 3.45. The predicted molar refractivity (Wildman–Crippen MR) is 86.8 cm³/mol. The van der Waals surface area contributed by atoms with Crippen LogP contribution in [0.15, 0.2) is 47.4 Å². The Labute approximate surface area is 125 Å². The van der Waals surface area contributed by atoms with Gasteiger partial charge in [-0.3, -0.25) is 4.79 Å². The van der Waals surface area contributed by atoms with E-state index in [1.165, 1.54) is 10.5 Å². The molecule has 0 saturated heterocycles. The van der Waals surface area contributed by atoms with Gasteiger partial charge in [0.15, 0.2) is 5.78 Å². The molecule has 0 spiro atoms. The lowest BCUT2D eigenvalue weighted by Crippen LogP contribution is -2.04. The third-order valence-corrected chi connectivity index (χ3v) is 4.24. The second-order valence-electron chi connectivity index (χ2n) is 5.09. The van der Waals surface area contributed by atoms with Crippen molar-refractivity contribution in [1.82, 2.24) is 0 Å². The second kappa shape index (κ2) is 6.76. The van der Waals surface area contributed by atoms with Crippen LogP contribution in [0, 0.1) is 13.8 Å². The highest BCUT2D eigenvalue weighted by Crippen LogP contribution is 2.17. The zero-order valence-electron chi connectivity index (χ0n) is 12.3. The number of carbonyl (C=O) groups excluding carboxylic acids is 1. The molecule has 0 saturated carbocycles. The molecule has 0 N–H and O–H groups in total. The van der Waals surface area contributed by atoms with Crippen LogP contribution >= 0.6 is 11.8 Å². The molecule has 0 aliphatic rings. The van der Waals surface area contributed by atoms with Crippen LogP contribution in [0.4, 0.5) is 0 Å². The van der Waals surface area contributed by atoms with Crippen LogP contribution in [0.25, 0.3) is 0 Å². The third-order valence-electron chi connectivity index (χ3n) is 3.49. The minimum Gasteiger partial charge on any atom is -0.294 e. The van der Waals surface area contributed by atoms with Crippen LogP contribution < -0.4 is 0 Å².